The Labute approximate surface area is 224 Å². The molecule has 8 N–H and O–H groups in total. The highest BCUT2D eigenvalue weighted by Gasteiger charge is 2.17. The number of carbonyl (C=O) groups is 2. The number of pyridine rings is 1. The molecule has 39 heavy (non-hydrogen) atoms. The fourth-order valence-corrected chi connectivity index (χ4v) is 4.79. The van der Waals surface area contributed by atoms with E-state index < -0.39 is 40.1 Å². The third-order valence-corrected chi connectivity index (χ3v) is 6.51. The van der Waals surface area contributed by atoms with Crippen LogP contribution in [0.2, 0.25) is 0 Å². The van der Waals surface area contributed by atoms with Crippen molar-refractivity contribution in [2.45, 2.75) is 24.8 Å². The Morgan fingerprint density at radius 2 is 1.74 bits per heavy atom. The number of hydrogen-bond donors (Lipinski definition) is 6. The molecule has 0 saturated carbocycles. The lowest BCUT2D eigenvalue weighted by Crippen LogP contribution is -2.41. The number of urea groups is 1. The molecule has 0 aliphatic heterocycles. The van der Waals surface area contributed by atoms with Gasteiger partial charge in [0, 0.05) is 18.0 Å². The number of hydrazone groups is 1. The zero-order valence-electron chi connectivity index (χ0n) is 20.7. The van der Waals surface area contributed by atoms with Crippen LogP contribution in [0.15, 0.2) is 82.8 Å². The minimum Gasteiger partial charge on any atom is -0.384 e. The van der Waals surface area contributed by atoms with E-state index in [1.54, 1.807) is 54.6 Å². The van der Waals surface area contributed by atoms with Crippen LogP contribution < -0.4 is 32.5 Å². The van der Waals surface area contributed by atoms with E-state index in [0.29, 0.717) is 16.7 Å². The molecule has 0 spiro atoms. The van der Waals surface area contributed by atoms with Crippen LogP contribution in [0.25, 0.3) is 0 Å². The van der Waals surface area contributed by atoms with Crippen molar-refractivity contribution in [2.24, 2.45) is 16.6 Å². The fraction of sp³-hybridized carbons (Fsp3) is 0.160. The zero-order valence-corrected chi connectivity index (χ0v) is 21.5. The number of carbonyl (C=O) groups excluding carboxylic acids is 2. The van der Waals surface area contributed by atoms with Crippen molar-refractivity contribution < 1.29 is 18.0 Å². The largest absolute Gasteiger partial charge is 0.384 e. The predicted octanol–water partition coefficient (Wildman–Crippen LogP) is 0.456. The van der Waals surface area contributed by atoms with Crippen LogP contribution in [0.1, 0.15) is 16.7 Å². The highest BCUT2D eigenvalue weighted by Crippen LogP contribution is 2.10. The maximum absolute atomic E-state index is 12.9. The topological polar surface area (TPSA) is 215 Å². The third-order valence-electron chi connectivity index (χ3n) is 5.27. The van der Waals surface area contributed by atoms with Gasteiger partial charge in [0.05, 0.1) is 11.8 Å². The number of aromatic nitrogens is 1. The quantitative estimate of drug-likeness (QED) is 0.106. The molecule has 3 amide bonds. The summed E-state index contributed by atoms with van der Waals surface area (Å²) in [6, 6.07) is 16.4. The van der Waals surface area contributed by atoms with E-state index in [4.69, 9.17) is 16.9 Å². The number of primary amides is 1. The summed E-state index contributed by atoms with van der Waals surface area (Å²) in [5.74, 6) is -1.03. The smallest absolute Gasteiger partial charge is 0.332 e. The molecule has 0 saturated heterocycles. The first kappa shape index (κ1) is 28.6. The molecule has 1 aromatic heterocycles. The number of sulfonamides is 1. The van der Waals surface area contributed by atoms with E-state index in [1.807, 2.05) is 0 Å². The molecule has 0 aliphatic carbocycles. The van der Waals surface area contributed by atoms with Gasteiger partial charge in [-0.15, -0.1) is 0 Å². The van der Waals surface area contributed by atoms with Crippen LogP contribution in [0.4, 0.5) is 10.5 Å². The van der Waals surface area contributed by atoms with Gasteiger partial charge < -0.3 is 21.4 Å². The standard InChI is InChI=1S/C25H28N8O5S/c26-23(27)19-9-4-8-18(12-19)13-20(14-29-31-25(28)36)30-22(34)15-33-11-5-10-21(24(33)35)32-39(37,38)16-17-6-2-1-3-7-17/h1-12,14,20,32H,13,15-16H2,(H3,26,27)(H,30,34)(H3,28,31,36). The van der Waals surface area contributed by atoms with Gasteiger partial charge in [-0.05, 0) is 35.7 Å². The van der Waals surface area contributed by atoms with Crippen LogP contribution >= 0.6 is 0 Å². The van der Waals surface area contributed by atoms with Crippen LogP contribution in [-0.2, 0) is 33.5 Å². The summed E-state index contributed by atoms with van der Waals surface area (Å²) in [5, 5.41) is 14.0. The van der Waals surface area contributed by atoms with E-state index in [0.717, 1.165) is 4.57 Å². The Bertz CT molecular complexity index is 1540. The summed E-state index contributed by atoms with van der Waals surface area (Å²) in [6.45, 7) is -0.422. The van der Waals surface area contributed by atoms with E-state index in [2.05, 4.69) is 20.6 Å². The number of anilines is 1. The maximum atomic E-state index is 12.9. The third kappa shape index (κ3) is 9.12. The zero-order chi connectivity index (χ0) is 28.4. The molecule has 14 heteroatoms. The van der Waals surface area contributed by atoms with Gasteiger partial charge in [-0.3, -0.25) is 19.7 Å². The summed E-state index contributed by atoms with van der Waals surface area (Å²) in [6.07, 6.45) is 2.83. The SMILES string of the molecule is N=C(N)c1cccc(CC(C=NNC(N)=O)NC(=O)Cn2cccc(NS(=O)(=O)Cc3ccccc3)c2=O)c1. The first-order valence-corrected chi connectivity index (χ1v) is 13.2. The molecule has 1 heterocycles. The summed E-state index contributed by atoms with van der Waals surface area (Å²) >= 11 is 0. The van der Waals surface area contributed by atoms with Crippen molar-refractivity contribution in [1.29, 1.82) is 5.41 Å². The lowest BCUT2D eigenvalue weighted by Gasteiger charge is -2.16. The van der Waals surface area contributed by atoms with Crippen molar-refractivity contribution in [3.63, 3.8) is 0 Å². The van der Waals surface area contributed by atoms with Crippen molar-refractivity contribution >= 4 is 39.7 Å². The van der Waals surface area contributed by atoms with Gasteiger partial charge in [-0.2, -0.15) is 5.10 Å². The Hall–Kier alpha value is -4.98. The normalized spacial score (nSPS) is 12.0. The van der Waals surface area contributed by atoms with Crippen molar-refractivity contribution in [2.75, 3.05) is 4.72 Å². The number of hydrogen-bond acceptors (Lipinski definition) is 7. The Morgan fingerprint density at radius 1 is 1.03 bits per heavy atom. The van der Waals surface area contributed by atoms with Crippen LogP contribution in [0, 0.1) is 5.41 Å². The van der Waals surface area contributed by atoms with Gasteiger partial charge >= 0.3 is 6.03 Å². The van der Waals surface area contributed by atoms with Gasteiger partial charge in [-0.25, -0.2) is 18.6 Å². The molecule has 1 atom stereocenters. The number of amidine groups is 1. The summed E-state index contributed by atoms with van der Waals surface area (Å²) in [5.41, 5.74) is 13.5. The molecule has 2 aromatic carbocycles. The number of amides is 3. The number of nitrogens with zero attached hydrogens (tertiary/aromatic N) is 2. The molecule has 0 bridgehead atoms. The lowest BCUT2D eigenvalue weighted by molar-refractivity contribution is -0.122. The predicted molar refractivity (Wildman–Crippen MR) is 148 cm³/mol. The second-order valence-corrected chi connectivity index (χ2v) is 10.2. The highest BCUT2D eigenvalue weighted by molar-refractivity contribution is 7.91. The van der Waals surface area contributed by atoms with Crippen LogP contribution in [0.5, 0.6) is 0 Å². The summed E-state index contributed by atoms with van der Waals surface area (Å²) in [7, 11) is -3.89. The van der Waals surface area contributed by atoms with Crippen LogP contribution in [-0.4, -0.2) is 43.0 Å². The molecule has 13 nitrogen and oxygen atoms in total. The van der Waals surface area contributed by atoms with Crippen molar-refractivity contribution in [1.82, 2.24) is 15.3 Å². The highest BCUT2D eigenvalue weighted by atomic mass is 32.2. The number of nitrogens with two attached hydrogens (primary N) is 2. The van der Waals surface area contributed by atoms with Crippen molar-refractivity contribution in [3.05, 3.63) is 100.0 Å². The maximum Gasteiger partial charge on any atom is 0.332 e. The molecule has 0 radical (unpaired) electrons. The van der Waals surface area contributed by atoms with Gasteiger partial charge in [0.15, 0.2) is 0 Å². The van der Waals surface area contributed by atoms with E-state index in [9.17, 15) is 22.8 Å². The van der Waals surface area contributed by atoms with Gasteiger partial charge in [0.2, 0.25) is 15.9 Å². The average Bonchev–Trinajstić information content (AvgIpc) is 2.86. The molecule has 0 aliphatic rings. The number of nitrogens with one attached hydrogen (secondary N) is 4. The van der Waals surface area contributed by atoms with E-state index >= 15 is 0 Å². The molecule has 0 fully saturated rings. The molecule has 204 valence electrons. The summed E-state index contributed by atoms with van der Waals surface area (Å²) in [4.78, 5) is 36.7. The van der Waals surface area contributed by atoms with Crippen molar-refractivity contribution in [3.8, 4) is 0 Å². The minimum absolute atomic E-state index is 0.125. The number of rotatable bonds is 12. The first-order valence-electron chi connectivity index (χ1n) is 11.6. The lowest BCUT2D eigenvalue weighted by atomic mass is 10.0. The Balaban J connectivity index is 1.73. The Kier molecular flexibility index (Phi) is 9.53. The Morgan fingerprint density at radius 3 is 2.44 bits per heavy atom. The molecular formula is C25H28N8O5S. The second-order valence-electron chi connectivity index (χ2n) is 8.45. The van der Waals surface area contributed by atoms with Gasteiger partial charge in [0.1, 0.15) is 18.1 Å². The number of nitrogen functional groups attached to an aromatic ring is 1. The summed E-state index contributed by atoms with van der Waals surface area (Å²) < 4.78 is 28.5. The number of benzene rings is 2. The van der Waals surface area contributed by atoms with Gasteiger partial charge in [0.25, 0.3) is 5.56 Å². The van der Waals surface area contributed by atoms with E-state index in [-0.39, 0.29) is 23.7 Å². The molecule has 3 aromatic rings. The molecular weight excluding hydrogens is 524 g/mol. The monoisotopic (exact) mass is 552 g/mol. The molecule has 1 unspecified atom stereocenters. The fourth-order valence-electron chi connectivity index (χ4n) is 3.60. The minimum atomic E-state index is -3.89. The van der Waals surface area contributed by atoms with E-state index in [1.165, 1.54) is 24.5 Å². The second kappa shape index (κ2) is 13.0. The molecule has 3 rings (SSSR count). The average molecular weight is 553 g/mol. The first-order chi connectivity index (χ1) is 18.5. The van der Waals surface area contributed by atoms with Crippen LogP contribution in [0.3, 0.4) is 0 Å². The van der Waals surface area contributed by atoms with Gasteiger partial charge in [-0.1, -0.05) is 48.5 Å².